The monoisotopic (exact) mass is 303 g/mol. The molecule has 4 nitrogen and oxygen atoms in total. The Balaban J connectivity index is 1.58. The first kappa shape index (κ1) is 14.8. The van der Waals surface area contributed by atoms with Crippen LogP contribution in [-0.2, 0) is 6.54 Å². The Labute approximate surface area is 135 Å². The van der Waals surface area contributed by atoms with E-state index in [4.69, 9.17) is 0 Å². The highest BCUT2D eigenvalue weighted by Crippen LogP contribution is 2.07. The van der Waals surface area contributed by atoms with Crippen LogP contribution in [0.2, 0.25) is 0 Å². The molecule has 0 fully saturated rings. The van der Waals surface area contributed by atoms with Gasteiger partial charge in [0.05, 0.1) is 6.33 Å². The second-order valence-corrected chi connectivity index (χ2v) is 5.15. The molecule has 1 N–H and O–H groups in total. The summed E-state index contributed by atoms with van der Waals surface area (Å²) in [7, 11) is 0. The van der Waals surface area contributed by atoms with E-state index < -0.39 is 0 Å². The summed E-state index contributed by atoms with van der Waals surface area (Å²) in [4.78, 5) is 16.1. The number of nitrogens with zero attached hydrogens (tertiary/aromatic N) is 2. The molecule has 23 heavy (non-hydrogen) atoms. The van der Waals surface area contributed by atoms with E-state index in [1.54, 1.807) is 18.7 Å². The average molecular weight is 303 g/mol. The van der Waals surface area contributed by atoms with Crippen LogP contribution in [0, 0.1) is 0 Å². The zero-order valence-electron chi connectivity index (χ0n) is 12.6. The molecule has 0 spiro atoms. The number of aromatic nitrogens is 2. The van der Waals surface area contributed by atoms with Gasteiger partial charge < -0.3 is 9.88 Å². The summed E-state index contributed by atoms with van der Waals surface area (Å²) < 4.78 is 1.98. The van der Waals surface area contributed by atoms with Gasteiger partial charge in [0.2, 0.25) is 0 Å². The molecule has 0 aliphatic carbocycles. The lowest BCUT2D eigenvalue weighted by Crippen LogP contribution is -2.16. The highest BCUT2D eigenvalue weighted by Gasteiger charge is 2.03. The Hall–Kier alpha value is -3.14. The van der Waals surface area contributed by atoms with E-state index >= 15 is 0 Å². The number of amides is 1. The second-order valence-electron chi connectivity index (χ2n) is 5.15. The number of hydrogen-bond donors (Lipinski definition) is 1. The van der Waals surface area contributed by atoms with Crippen molar-refractivity contribution in [2.45, 2.75) is 6.54 Å². The number of carbonyl (C=O) groups excluding carboxylic acids is 1. The van der Waals surface area contributed by atoms with Crippen molar-refractivity contribution in [1.82, 2.24) is 14.9 Å². The van der Waals surface area contributed by atoms with Crippen molar-refractivity contribution in [2.75, 3.05) is 0 Å². The number of imidazole rings is 1. The normalized spacial score (nSPS) is 10.8. The van der Waals surface area contributed by atoms with Gasteiger partial charge in [-0.05, 0) is 29.3 Å². The number of hydrogen-bond acceptors (Lipinski definition) is 2. The maximum atomic E-state index is 12.1. The fourth-order valence-electron chi connectivity index (χ4n) is 2.21. The zero-order chi connectivity index (χ0) is 15.9. The first-order chi connectivity index (χ1) is 11.3. The minimum atomic E-state index is -0.119. The van der Waals surface area contributed by atoms with E-state index in [0.717, 1.165) is 17.7 Å². The van der Waals surface area contributed by atoms with E-state index in [0.29, 0.717) is 5.56 Å². The summed E-state index contributed by atoms with van der Waals surface area (Å²) >= 11 is 0. The topological polar surface area (TPSA) is 46.9 Å². The fourth-order valence-corrected chi connectivity index (χ4v) is 2.21. The van der Waals surface area contributed by atoms with E-state index in [1.165, 1.54) is 0 Å². The average Bonchev–Trinajstić information content (AvgIpc) is 3.09. The first-order valence-electron chi connectivity index (χ1n) is 7.38. The van der Waals surface area contributed by atoms with Gasteiger partial charge in [-0.3, -0.25) is 4.79 Å². The molecule has 1 amide bonds. The Morgan fingerprint density at radius 3 is 2.57 bits per heavy atom. The van der Waals surface area contributed by atoms with Gasteiger partial charge in [-0.25, -0.2) is 4.98 Å². The molecule has 4 heteroatoms. The molecule has 0 atom stereocenters. The molecular formula is C19H17N3O. The van der Waals surface area contributed by atoms with Crippen LogP contribution in [-0.4, -0.2) is 15.5 Å². The minimum absolute atomic E-state index is 0.119. The zero-order valence-corrected chi connectivity index (χ0v) is 12.6. The predicted molar refractivity (Wildman–Crippen MR) is 90.7 cm³/mol. The molecule has 0 unspecified atom stereocenters. The van der Waals surface area contributed by atoms with E-state index in [2.05, 4.69) is 10.3 Å². The van der Waals surface area contributed by atoms with Crippen LogP contribution in [0.15, 0.2) is 79.5 Å². The summed E-state index contributed by atoms with van der Waals surface area (Å²) in [5, 5.41) is 2.78. The van der Waals surface area contributed by atoms with Gasteiger partial charge >= 0.3 is 0 Å². The molecular weight excluding hydrogens is 286 g/mol. The summed E-state index contributed by atoms with van der Waals surface area (Å²) in [5.41, 5.74) is 2.81. The van der Waals surface area contributed by atoms with E-state index in [9.17, 15) is 4.79 Å². The van der Waals surface area contributed by atoms with Gasteiger partial charge in [-0.2, -0.15) is 0 Å². The van der Waals surface area contributed by atoms with Crippen LogP contribution in [0.25, 0.3) is 6.08 Å². The van der Waals surface area contributed by atoms with Crippen LogP contribution in [0.5, 0.6) is 0 Å². The van der Waals surface area contributed by atoms with Crippen molar-refractivity contribution in [3.05, 3.63) is 96.2 Å². The maximum Gasteiger partial charge on any atom is 0.255 e. The molecule has 0 aliphatic rings. The quantitative estimate of drug-likeness (QED) is 0.786. The summed E-state index contributed by atoms with van der Waals surface area (Å²) in [6.45, 7) is 0.746. The fraction of sp³-hybridized carbons (Fsp3) is 0.0526. The lowest BCUT2D eigenvalue weighted by Gasteiger charge is -2.04. The minimum Gasteiger partial charge on any atom is -0.333 e. The van der Waals surface area contributed by atoms with Gasteiger partial charge in [0.25, 0.3) is 5.91 Å². The molecule has 1 aromatic heterocycles. The number of carbonyl (C=O) groups is 1. The Bertz CT molecular complexity index is 775. The lowest BCUT2D eigenvalue weighted by molar-refractivity contribution is 0.0970. The van der Waals surface area contributed by atoms with Crippen LogP contribution >= 0.6 is 0 Å². The molecule has 0 bridgehead atoms. The molecule has 114 valence electrons. The standard InChI is InChI=1S/C19H17N3O/c23-19(21-11-10-16-4-2-1-3-5-16)18-8-6-17(7-9-18)14-22-13-12-20-15-22/h1-13,15H,14H2,(H,21,23). The van der Waals surface area contributed by atoms with E-state index in [1.807, 2.05) is 71.4 Å². The number of nitrogens with one attached hydrogen (secondary N) is 1. The molecule has 3 aromatic rings. The summed E-state index contributed by atoms with van der Waals surface area (Å²) in [6.07, 6.45) is 8.97. The molecule has 0 aliphatic heterocycles. The van der Waals surface area contributed by atoms with Gasteiger partial charge in [-0.15, -0.1) is 0 Å². The van der Waals surface area contributed by atoms with Gasteiger partial charge in [0.1, 0.15) is 0 Å². The highest BCUT2D eigenvalue weighted by atomic mass is 16.1. The van der Waals surface area contributed by atoms with Crippen LogP contribution in [0.4, 0.5) is 0 Å². The SMILES string of the molecule is O=C(NC=Cc1ccccc1)c1ccc(Cn2ccnc2)cc1. The first-order valence-corrected chi connectivity index (χ1v) is 7.38. The summed E-state index contributed by atoms with van der Waals surface area (Å²) in [6, 6.07) is 17.4. The smallest absolute Gasteiger partial charge is 0.255 e. The van der Waals surface area contributed by atoms with Gasteiger partial charge in [0, 0.05) is 30.7 Å². The second kappa shape index (κ2) is 7.22. The molecule has 3 rings (SSSR count). The maximum absolute atomic E-state index is 12.1. The Morgan fingerprint density at radius 1 is 1.09 bits per heavy atom. The van der Waals surface area contributed by atoms with Crippen LogP contribution < -0.4 is 5.32 Å². The largest absolute Gasteiger partial charge is 0.333 e. The summed E-state index contributed by atoms with van der Waals surface area (Å²) in [5.74, 6) is -0.119. The van der Waals surface area contributed by atoms with Crippen molar-refractivity contribution in [1.29, 1.82) is 0 Å². The van der Waals surface area contributed by atoms with Crippen molar-refractivity contribution in [2.24, 2.45) is 0 Å². The van der Waals surface area contributed by atoms with Crippen molar-refractivity contribution in [3.8, 4) is 0 Å². The number of rotatable bonds is 5. The van der Waals surface area contributed by atoms with Crippen molar-refractivity contribution >= 4 is 12.0 Å². The predicted octanol–water partition coefficient (Wildman–Crippen LogP) is 3.33. The third-order valence-corrected chi connectivity index (χ3v) is 3.43. The third-order valence-electron chi connectivity index (χ3n) is 3.43. The van der Waals surface area contributed by atoms with Crippen LogP contribution in [0.1, 0.15) is 21.5 Å². The Kier molecular flexibility index (Phi) is 4.64. The number of benzene rings is 2. The highest BCUT2D eigenvalue weighted by molar-refractivity contribution is 5.95. The molecule has 1 heterocycles. The molecule has 2 aromatic carbocycles. The molecule has 0 radical (unpaired) electrons. The van der Waals surface area contributed by atoms with Gasteiger partial charge in [-0.1, -0.05) is 42.5 Å². The van der Waals surface area contributed by atoms with Crippen LogP contribution in [0.3, 0.4) is 0 Å². The molecule has 0 saturated carbocycles. The Morgan fingerprint density at radius 2 is 1.87 bits per heavy atom. The lowest BCUT2D eigenvalue weighted by atomic mass is 10.1. The van der Waals surface area contributed by atoms with Crippen molar-refractivity contribution < 1.29 is 4.79 Å². The van der Waals surface area contributed by atoms with Crippen molar-refractivity contribution in [3.63, 3.8) is 0 Å². The van der Waals surface area contributed by atoms with Gasteiger partial charge in [0.15, 0.2) is 0 Å². The third kappa shape index (κ3) is 4.17. The molecule has 0 saturated heterocycles. The van der Waals surface area contributed by atoms with E-state index in [-0.39, 0.29) is 5.91 Å².